The topological polar surface area (TPSA) is 57.5 Å². The van der Waals surface area contributed by atoms with Gasteiger partial charge >= 0.3 is 5.97 Å². The Hall–Kier alpha value is -1.06. The zero-order valence-corrected chi connectivity index (χ0v) is 8.79. The number of carboxylic acid groups (broad SMARTS) is 1. The van der Waals surface area contributed by atoms with Gasteiger partial charge in [0.05, 0.1) is 0 Å². The van der Waals surface area contributed by atoms with Gasteiger partial charge in [0.2, 0.25) is 0 Å². The van der Waals surface area contributed by atoms with E-state index in [1.54, 1.807) is 6.07 Å². The number of carbonyl (C=O) groups is 1. The second-order valence-corrected chi connectivity index (χ2v) is 4.30. The highest BCUT2D eigenvalue weighted by Gasteiger charge is 2.39. The number of aliphatic carboxylic acids is 1. The maximum absolute atomic E-state index is 10.9. The molecule has 0 radical (unpaired) electrons. The van der Waals surface area contributed by atoms with E-state index < -0.39 is 11.6 Å². The third kappa shape index (κ3) is 1.73. The lowest BCUT2D eigenvalue weighted by atomic mass is 9.80. The quantitative estimate of drug-likeness (QED) is 0.766. The van der Waals surface area contributed by atoms with Crippen LogP contribution in [0.25, 0.3) is 0 Å². The van der Waals surface area contributed by atoms with E-state index in [1.165, 1.54) is 0 Å². The number of halogens is 1. The van der Waals surface area contributed by atoms with Crippen molar-refractivity contribution in [2.45, 2.75) is 24.9 Å². The maximum Gasteiger partial charge on any atom is 0.336 e. The van der Waals surface area contributed by atoms with Gasteiger partial charge in [-0.2, -0.15) is 0 Å². The van der Waals surface area contributed by atoms with Crippen molar-refractivity contribution in [1.29, 1.82) is 0 Å². The summed E-state index contributed by atoms with van der Waals surface area (Å²) in [6.07, 6.45) is 0.895. The Bertz CT molecular complexity index is 416. The predicted octanol–water partition coefficient (Wildman–Crippen LogP) is 1.64. The molecule has 3 nitrogen and oxygen atoms in total. The second-order valence-electron chi connectivity index (χ2n) is 3.89. The van der Waals surface area contributed by atoms with Crippen molar-refractivity contribution in [1.82, 2.24) is 0 Å². The summed E-state index contributed by atoms with van der Waals surface area (Å²) >= 11 is 5.97. The van der Waals surface area contributed by atoms with Crippen molar-refractivity contribution in [3.8, 4) is 0 Å². The molecule has 0 unspecified atom stereocenters. The average Bonchev–Trinajstić information content (AvgIpc) is 2.19. The first-order valence-corrected chi connectivity index (χ1v) is 5.13. The number of fused-ring (bicyclic) bond motifs is 1. The van der Waals surface area contributed by atoms with Crippen LogP contribution in [0.15, 0.2) is 18.2 Å². The van der Waals surface area contributed by atoms with Gasteiger partial charge in [0, 0.05) is 11.4 Å². The molecule has 0 aliphatic heterocycles. The van der Waals surface area contributed by atoms with Crippen LogP contribution in [-0.2, 0) is 17.6 Å². The van der Waals surface area contributed by atoms with Gasteiger partial charge in [0.25, 0.3) is 0 Å². The molecule has 1 aromatic rings. The maximum atomic E-state index is 10.9. The van der Waals surface area contributed by atoms with Gasteiger partial charge in [0.1, 0.15) is 0 Å². The number of aliphatic hydroxyl groups is 1. The molecule has 15 heavy (non-hydrogen) atoms. The first-order valence-electron chi connectivity index (χ1n) is 4.75. The normalized spacial score (nSPS) is 24.7. The third-order valence-electron chi connectivity index (χ3n) is 2.89. The highest BCUT2D eigenvalue weighted by atomic mass is 35.5. The molecule has 0 saturated heterocycles. The van der Waals surface area contributed by atoms with Crippen LogP contribution in [0.1, 0.15) is 17.5 Å². The van der Waals surface area contributed by atoms with E-state index in [-0.39, 0.29) is 12.8 Å². The third-order valence-corrected chi connectivity index (χ3v) is 3.25. The van der Waals surface area contributed by atoms with Crippen LogP contribution in [0.5, 0.6) is 0 Å². The monoisotopic (exact) mass is 226 g/mol. The molecule has 80 valence electrons. The summed E-state index contributed by atoms with van der Waals surface area (Å²) in [4.78, 5) is 10.9. The van der Waals surface area contributed by atoms with Gasteiger partial charge in [-0.1, -0.05) is 23.7 Å². The van der Waals surface area contributed by atoms with E-state index in [0.29, 0.717) is 11.4 Å². The van der Waals surface area contributed by atoms with Gasteiger partial charge in [-0.25, -0.2) is 4.79 Å². The number of hydrogen-bond donors (Lipinski definition) is 2. The summed E-state index contributed by atoms with van der Waals surface area (Å²) in [6.45, 7) is 0. The standard InChI is InChI=1S/C11H11ClO3/c12-9-3-1-2-7-4-5-11(15,10(13)14)6-8(7)9/h1-3,15H,4-6H2,(H,13,14)/t11-/m0/s1. The second kappa shape index (κ2) is 3.51. The molecule has 1 aliphatic carbocycles. The Labute approximate surface area is 92.3 Å². The first-order chi connectivity index (χ1) is 7.03. The molecule has 1 atom stereocenters. The highest BCUT2D eigenvalue weighted by Crippen LogP contribution is 2.33. The minimum Gasteiger partial charge on any atom is -0.479 e. The van der Waals surface area contributed by atoms with Gasteiger partial charge in [-0.15, -0.1) is 0 Å². The fourth-order valence-electron chi connectivity index (χ4n) is 1.94. The minimum absolute atomic E-state index is 0.0946. The summed E-state index contributed by atoms with van der Waals surface area (Å²) in [6, 6.07) is 5.48. The first kappa shape index (κ1) is 10.5. The van der Waals surface area contributed by atoms with Crippen LogP contribution in [-0.4, -0.2) is 21.8 Å². The number of hydrogen-bond acceptors (Lipinski definition) is 2. The largest absolute Gasteiger partial charge is 0.479 e. The molecule has 4 heteroatoms. The van der Waals surface area contributed by atoms with Gasteiger partial charge in [0.15, 0.2) is 5.60 Å². The summed E-state index contributed by atoms with van der Waals surface area (Å²) in [5.41, 5.74) is 0.140. The molecule has 0 aromatic heterocycles. The summed E-state index contributed by atoms with van der Waals surface area (Å²) < 4.78 is 0. The molecule has 0 saturated carbocycles. The van der Waals surface area contributed by atoms with E-state index >= 15 is 0 Å². The van der Waals surface area contributed by atoms with Gasteiger partial charge in [-0.3, -0.25) is 0 Å². The molecule has 1 aliphatic rings. The van der Waals surface area contributed by atoms with Crippen LogP contribution in [0.4, 0.5) is 0 Å². The molecule has 0 bridgehead atoms. The van der Waals surface area contributed by atoms with E-state index in [1.807, 2.05) is 12.1 Å². The average molecular weight is 227 g/mol. The molecule has 0 heterocycles. The van der Waals surface area contributed by atoms with E-state index in [0.717, 1.165) is 11.1 Å². The molecule has 2 rings (SSSR count). The van der Waals surface area contributed by atoms with E-state index in [2.05, 4.69) is 0 Å². The van der Waals surface area contributed by atoms with Gasteiger partial charge in [-0.05, 0) is 30.0 Å². The van der Waals surface area contributed by atoms with Crippen molar-refractivity contribution in [2.75, 3.05) is 0 Å². The zero-order valence-electron chi connectivity index (χ0n) is 8.03. The lowest BCUT2D eigenvalue weighted by Gasteiger charge is -2.30. The van der Waals surface area contributed by atoms with Crippen LogP contribution in [0, 0.1) is 0 Å². The Kier molecular flexibility index (Phi) is 2.44. The number of carboxylic acids is 1. The fraction of sp³-hybridized carbons (Fsp3) is 0.364. The molecule has 2 N–H and O–H groups in total. The SMILES string of the molecule is O=C(O)[C@]1(O)CCc2cccc(Cl)c2C1. The zero-order chi connectivity index (χ0) is 11.1. The Balaban J connectivity index is 2.42. The van der Waals surface area contributed by atoms with Gasteiger partial charge < -0.3 is 10.2 Å². The van der Waals surface area contributed by atoms with Crippen molar-refractivity contribution in [2.24, 2.45) is 0 Å². The lowest BCUT2D eigenvalue weighted by molar-refractivity contribution is -0.159. The molecule has 0 spiro atoms. The Morgan fingerprint density at radius 1 is 1.47 bits per heavy atom. The molecular weight excluding hydrogens is 216 g/mol. The van der Waals surface area contributed by atoms with Crippen molar-refractivity contribution >= 4 is 17.6 Å². The predicted molar refractivity (Wildman–Crippen MR) is 56.1 cm³/mol. The lowest BCUT2D eigenvalue weighted by Crippen LogP contribution is -2.43. The minimum atomic E-state index is -1.65. The Morgan fingerprint density at radius 2 is 2.20 bits per heavy atom. The number of aryl methyl sites for hydroxylation is 1. The van der Waals surface area contributed by atoms with Crippen LogP contribution in [0.3, 0.4) is 0 Å². The van der Waals surface area contributed by atoms with Crippen molar-refractivity contribution in [3.63, 3.8) is 0 Å². The van der Waals surface area contributed by atoms with E-state index in [4.69, 9.17) is 16.7 Å². The van der Waals surface area contributed by atoms with E-state index in [9.17, 15) is 9.90 Å². The van der Waals surface area contributed by atoms with Crippen LogP contribution >= 0.6 is 11.6 Å². The smallest absolute Gasteiger partial charge is 0.336 e. The number of benzene rings is 1. The van der Waals surface area contributed by atoms with Crippen LogP contribution in [0.2, 0.25) is 5.02 Å². The van der Waals surface area contributed by atoms with Crippen molar-refractivity contribution < 1.29 is 15.0 Å². The molecule has 0 amide bonds. The molecule has 1 aromatic carbocycles. The summed E-state index contributed by atoms with van der Waals surface area (Å²) in [7, 11) is 0. The molecular formula is C11H11ClO3. The molecule has 0 fully saturated rings. The summed E-state index contributed by atoms with van der Waals surface area (Å²) in [5.74, 6) is -1.17. The fourth-order valence-corrected chi connectivity index (χ4v) is 2.20. The summed E-state index contributed by atoms with van der Waals surface area (Å²) in [5, 5.41) is 19.3. The van der Waals surface area contributed by atoms with Crippen molar-refractivity contribution in [3.05, 3.63) is 34.3 Å². The highest BCUT2D eigenvalue weighted by molar-refractivity contribution is 6.31. The Morgan fingerprint density at radius 3 is 2.87 bits per heavy atom. The van der Waals surface area contributed by atoms with Crippen LogP contribution < -0.4 is 0 Å². The number of rotatable bonds is 1.